The van der Waals surface area contributed by atoms with Crippen LogP contribution in [0, 0.1) is 5.82 Å². The van der Waals surface area contributed by atoms with Gasteiger partial charge in [0, 0.05) is 22.2 Å². The lowest BCUT2D eigenvalue weighted by atomic mass is 10.1. The van der Waals surface area contributed by atoms with Crippen LogP contribution in [0.4, 0.5) is 10.1 Å². The molecule has 0 aliphatic carbocycles. The van der Waals surface area contributed by atoms with Gasteiger partial charge >= 0.3 is 0 Å². The Labute approximate surface area is 97.9 Å². The third kappa shape index (κ3) is 1.65. The molecule has 2 nitrogen and oxygen atoms in total. The molecule has 0 spiro atoms. The van der Waals surface area contributed by atoms with E-state index in [2.05, 4.69) is 4.98 Å². The summed E-state index contributed by atoms with van der Waals surface area (Å²) < 4.78 is 13.4. The lowest BCUT2D eigenvalue weighted by Crippen LogP contribution is -1.90. The molecule has 2 aromatic carbocycles. The molecule has 0 radical (unpaired) electrons. The highest BCUT2D eigenvalue weighted by molar-refractivity contribution is 5.85. The maximum absolute atomic E-state index is 13.4. The smallest absolute Gasteiger partial charge is 0.146 e. The number of rotatable bonds is 1. The molecule has 84 valence electrons. The molecule has 0 atom stereocenters. The fourth-order valence-corrected chi connectivity index (χ4v) is 1.92. The van der Waals surface area contributed by atoms with Gasteiger partial charge in [0.15, 0.2) is 0 Å². The van der Waals surface area contributed by atoms with Crippen LogP contribution < -0.4 is 5.73 Å². The molecule has 0 aliphatic rings. The second-order valence-corrected chi connectivity index (χ2v) is 4.01. The van der Waals surface area contributed by atoms with Crippen molar-refractivity contribution in [1.29, 1.82) is 0 Å². The van der Waals surface area contributed by atoms with Gasteiger partial charge in [-0.3, -0.25) is 0 Å². The van der Waals surface area contributed by atoms with E-state index < -0.39 is 0 Å². The van der Waals surface area contributed by atoms with Gasteiger partial charge in [-0.05, 0) is 24.3 Å². The van der Waals surface area contributed by atoms with Gasteiger partial charge in [0.25, 0.3) is 0 Å². The minimum absolute atomic E-state index is 0.171. The second kappa shape index (κ2) is 3.63. The van der Waals surface area contributed by atoms with Gasteiger partial charge in [-0.1, -0.05) is 24.3 Å². The van der Waals surface area contributed by atoms with E-state index in [4.69, 9.17) is 5.73 Å². The summed E-state index contributed by atoms with van der Waals surface area (Å²) in [6.45, 7) is 0. The summed E-state index contributed by atoms with van der Waals surface area (Å²) in [6.07, 6.45) is 0. The van der Waals surface area contributed by atoms with Gasteiger partial charge < -0.3 is 10.7 Å². The number of nitrogens with two attached hydrogens (primary N) is 1. The number of aromatic nitrogens is 1. The van der Waals surface area contributed by atoms with Crippen molar-refractivity contribution in [1.82, 2.24) is 4.98 Å². The van der Waals surface area contributed by atoms with Gasteiger partial charge in [-0.25, -0.2) is 4.39 Å². The number of hydrogen-bond acceptors (Lipinski definition) is 1. The number of fused-ring (bicyclic) bond motifs is 1. The SMILES string of the molecule is Nc1ccc(-c2cc3ccccc3[nH]2)cc1F. The molecule has 3 rings (SSSR count). The minimum Gasteiger partial charge on any atom is -0.396 e. The van der Waals surface area contributed by atoms with Crippen molar-refractivity contribution in [3.63, 3.8) is 0 Å². The predicted octanol–water partition coefficient (Wildman–Crippen LogP) is 3.56. The van der Waals surface area contributed by atoms with Gasteiger partial charge in [0.2, 0.25) is 0 Å². The molecule has 0 amide bonds. The summed E-state index contributed by atoms with van der Waals surface area (Å²) in [5, 5.41) is 1.11. The number of nitrogens with one attached hydrogen (secondary N) is 1. The maximum Gasteiger partial charge on any atom is 0.146 e. The predicted molar refractivity (Wildman–Crippen MR) is 68.1 cm³/mol. The summed E-state index contributed by atoms with van der Waals surface area (Å²) in [5.41, 5.74) is 8.36. The van der Waals surface area contributed by atoms with Crippen LogP contribution in [-0.2, 0) is 0 Å². The zero-order chi connectivity index (χ0) is 11.8. The van der Waals surface area contributed by atoms with Crippen LogP contribution in [0.5, 0.6) is 0 Å². The van der Waals surface area contributed by atoms with Crippen LogP contribution in [0.2, 0.25) is 0 Å². The highest BCUT2D eigenvalue weighted by Gasteiger charge is 2.05. The Morgan fingerprint density at radius 1 is 1.00 bits per heavy atom. The normalized spacial score (nSPS) is 10.9. The third-order valence-electron chi connectivity index (χ3n) is 2.84. The van der Waals surface area contributed by atoms with Crippen LogP contribution in [0.1, 0.15) is 0 Å². The average molecular weight is 226 g/mol. The van der Waals surface area contributed by atoms with E-state index in [1.54, 1.807) is 6.07 Å². The molecular formula is C14H11FN2. The highest BCUT2D eigenvalue weighted by atomic mass is 19.1. The minimum atomic E-state index is -0.388. The summed E-state index contributed by atoms with van der Waals surface area (Å²) >= 11 is 0. The lowest BCUT2D eigenvalue weighted by Gasteiger charge is -2.00. The zero-order valence-electron chi connectivity index (χ0n) is 9.07. The number of nitrogen functional groups attached to an aromatic ring is 1. The first-order valence-corrected chi connectivity index (χ1v) is 5.37. The average Bonchev–Trinajstić information content (AvgIpc) is 2.76. The maximum atomic E-state index is 13.4. The van der Waals surface area contributed by atoms with Gasteiger partial charge in [0.1, 0.15) is 5.82 Å². The topological polar surface area (TPSA) is 41.8 Å². The molecule has 1 heterocycles. The Morgan fingerprint density at radius 2 is 1.82 bits per heavy atom. The summed E-state index contributed by atoms with van der Waals surface area (Å²) in [4.78, 5) is 3.25. The Morgan fingerprint density at radius 3 is 2.59 bits per heavy atom. The number of benzene rings is 2. The Balaban J connectivity index is 2.17. The van der Waals surface area contributed by atoms with Crippen LogP contribution in [-0.4, -0.2) is 4.98 Å². The van der Waals surface area contributed by atoms with Crippen molar-refractivity contribution < 1.29 is 4.39 Å². The summed E-state index contributed by atoms with van der Waals surface area (Å²) in [5.74, 6) is -0.388. The molecular weight excluding hydrogens is 215 g/mol. The summed E-state index contributed by atoms with van der Waals surface area (Å²) in [7, 11) is 0. The Bertz CT molecular complexity index is 653. The number of H-pyrrole nitrogens is 1. The van der Waals surface area contributed by atoms with Gasteiger partial charge in [-0.2, -0.15) is 0 Å². The van der Waals surface area contributed by atoms with Crippen molar-refractivity contribution in [2.24, 2.45) is 0 Å². The third-order valence-corrected chi connectivity index (χ3v) is 2.84. The van der Waals surface area contributed by atoms with Crippen LogP contribution in [0.3, 0.4) is 0 Å². The van der Waals surface area contributed by atoms with Crippen molar-refractivity contribution in [3.05, 3.63) is 54.3 Å². The van der Waals surface area contributed by atoms with E-state index in [0.29, 0.717) is 0 Å². The first-order valence-electron chi connectivity index (χ1n) is 5.37. The highest BCUT2D eigenvalue weighted by Crippen LogP contribution is 2.25. The molecule has 0 fully saturated rings. The number of hydrogen-bond donors (Lipinski definition) is 2. The van der Waals surface area contributed by atoms with Gasteiger partial charge in [-0.15, -0.1) is 0 Å². The molecule has 3 heteroatoms. The van der Waals surface area contributed by atoms with Crippen molar-refractivity contribution in [2.45, 2.75) is 0 Å². The largest absolute Gasteiger partial charge is 0.396 e. The molecule has 0 aliphatic heterocycles. The molecule has 1 aromatic heterocycles. The van der Waals surface area contributed by atoms with Gasteiger partial charge in [0.05, 0.1) is 5.69 Å². The van der Waals surface area contributed by atoms with E-state index in [1.807, 2.05) is 36.4 Å². The molecule has 17 heavy (non-hydrogen) atoms. The Hall–Kier alpha value is -2.29. The number of para-hydroxylation sites is 1. The van der Waals surface area contributed by atoms with E-state index in [-0.39, 0.29) is 11.5 Å². The first kappa shape index (κ1) is 9.90. The van der Waals surface area contributed by atoms with Crippen molar-refractivity contribution >= 4 is 16.6 Å². The number of halogens is 1. The van der Waals surface area contributed by atoms with Crippen LogP contribution in [0.15, 0.2) is 48.5 Å². The second-order valence-electron chi connectivity index (χ2n) is 4.01. The number of aromatic amines is 1. The first-order chi connectivity index (χ1) is 8.24. The standard InChI is InChI=1S/C14H11FN2/c15-11-7-10(5-6-12(11)16)14-8-9-3-1-2-4-13(9)17-14/h1-8,17H,16H2. The Kier molecular flexibility index (Phi) is 2.11. The van der Waals surface area contributed by atoms with Crippen LogP contribution >= 0.6 is 0 Å². The summed E-state index contributed by atoms with van der Waals surface area (Å²) in [6, 6.07) is 14.8. The van der Waals surface area contributed by atoms with E-state index in [0.717, 1.165) is 22.2 Å². The molecule has 0 bridgehead atoms. The molecule has 0 saturated carbocycles. The van der Waals surface area contributed by atoms with Crippen molar-refractivity contribution in [2.75, 3.05) is 5.73 Å². The fourth-order valence-electron chi connectivity index (χ4n) is 1.92. The van der Waals surface area contributed by atoms with E-state index >= 15 is 0 Å². The van der Waals surface area contributed by atoms with Crippen molar-refractivity contribution in [3.8, 4) is 11.3 Å². The monoisotopic (exact) mass is 226 g/mol. The lowest BCUT2D eigenvalue weighted by molar-refractivity contribution is 0.633. The molecule has 3 N–H and O–H groups in total. The van der Waals surface area contributed by atoms with Crippen LogP contribution in [0.25, 0.3) is 22.2 Å². The molecule has 3 aromatic rings. The molecule has 0 unspecified atom stereocenters. The fraction of sp³-hybridized carbons (Fsp3) is 0. The van der Waals surface area contributed by atoms with E-state index in [1.165, 1.54) is 6.07 Å². The quantitative estimate of drug-likeness (QED) is 0.612. The zero-order valence-corrected chi connectivity index (χ0v) is 9.07. The number of anilines is 1. The van der Waals surface area contributed by atoms with E-state index in [9.17, 15) is 4.39 Å². The molecule has 0 saturated heterocycles.